The van der Waals surface area contributed by atoms with Crippen LogP contribution in [0, 0.1) is 27.7 Å². The molecule has 2 nitrogen and oxygen atoms in total. The van der Waals surface area contributed by atoms with Crippen LogP contribution in [0.3, 0.4) is 0 Å². The van der Waals surface area contributed by atoms with Crippen molar-refractivity contribution in [1.82, 2.24) is 4.57 Å². The van der Waals surface area contributed by atoms with Gasteiger partial charge in [0.1, 0.15) is 0 Å². The maximum Gasteiger partial charge on any atom is 0.0633 e. The predicted octanol–water partition coefficient (Wildman–Crippen LogP) is 6.22. The highest BCUT2D eigenvalue weighted by atomic mass is 79.9. The fourth-order valence-corrected chi connectivity index (χ4v) is 3.18. The van der Waals surface area contributed by atoms with Crippen LogP contribution < -0.4 is 0 Å². The molecule has 1 aromatic heterocycles. The second-order valence-electron chi connectivity index (χ2n) is 6.19. The van der Waals surface area contributed by atoms with Gasteiger partial charge in [-0.1, -0.05) is 28.1 Å². The lowest BCUT2D eigenvalue weighted by molar-refractivity contribution is 0.963. The Morgan fingerprint density at radius 3 is 2.46 bits per heavy atom. The number of nitrogens with zero attached hydrogens (tertiary/aromatic N) is 2. The molecule has 24 heavy (non-hydrogen) atoms. The summed E-state index contributed by atoms with van der Waals surface area (Å²) >= 11 is 3.53. The molecule has 3 heteroatoms. The van der Waals surface area contributed by atoms with Crippen LogP contribution in [0.2, 0.25) is 0 Å². The van der Waals surface area contributed by atoms with Gasteiger partial charge >= 0.3 is 0 Å². The van der Waals surface area contributed by atoms with Crippen molar-refractivity contribution >= 4 is 27.8 Å². The highest BCUT2D eigenvalue weighted by Gasteiger charge is 2.09. The van der Waals surface area contributed by atoms with Gasteiger partial charge in [-0.2, -0.15) is 0 Å². The van der Waals surface area contributed by atoms with E-state index >= 15 is 0 Å². The molecular formula is C21H21BrN2. The molecule has 0 bridgehead atoms. The average Bonchev–Trinajstić information content (AvgIpc) is 2.82. The van der Waals surface area contributed by atoms with E-state index in [1.807, 2.05) is 18.3 Å². The Hall–Kier alpha value is -2.13. The molecule has 3 rings (SSSR count). The number of aliphatic imine (C=N–C) groups is 1. The summed E-state index contributed by atoms with van der Waals surface area (Å²) in [5.74, 6) is 0. The van der Waals surface area contributed by atoms with Crippen LogP contribution in [0.25, 0.3) is 5.69 Å². The molecule has 0 aliphatic heterocycles. The summed E-state index contributed by atoms with van der Waals surface area (Å²) in [6.45, 7) is 8.47. The van der Waals surface area contributed by atoms with Gasteiger partial charge in [0.05, 0.1) is 5.69 Å². The standard InChI is InChI=1S/C21H21BrN2/c1-14-6-5-7-20(10-14)24-16(3)12-18(17(24)4)13-23-19-8-9-21(22)15(2)11-19/h5-13H,1-4H3. The molecule has 0 spiro atoms. The minimum Gasteiger partial charge on any atom is -0.318 e. The molecule has 0 radical (unpaired) electrons. The quantitative estimate of drug-likeness (QED) is 0.479. The first-order valence-corrected chi connectivity index (χ1v) is 8.81. The van der Waals surface area contributed by atoms with Crippen LogP contribution in [-0.2, 0) is 0 Å². The van der Waals surface area contributed by atoms with Gasteiger partial charge in [-0.15, -0.1) is 0 Å². The Labute approximate surface area is 152 Å². The van der Waals surface area contributed by atoms with Crippen LogP contribution in [-0.4, -0.2) is 10.8 Å². The molecule has 0 atom stereocenters. The Morgan fingerprint density at radius 2 is 1.75 bits per heavy atom. The van der Waals surface area contributed by atoms with E-state index < -0.39 is 0 Å². The molecule has 0 unspecified atom stereocenters. The molecule has 0 aliphatic rings. The number of rotatable bonds is 3. The molecule has 0 amide bonds. The van der Waals surface area contributed by atoms with E-state index in [2.05, 4.69) is 89.6 Å². The minimum atomic E-state index is 0.969. The van der Waals surface area contributed by atoms with E-state index in [0.717, 1.165) is 15.7 Å². The Morgan fingerprint density at radius 1 is 0.958 bits per heavy atom. The number of aromatic nitrogens is 1. The van der Waals surface area contributed by atoms with E-state index in [1.54, 1.807) is 0 Å². The van der Waals surface area contributed by atoms with E-state index in [-0.39, 0.29) is 0 Å². The van der Waals surface area contributed by atoms with Crippen molar-refractivity contribution < 1.29 is 0 Å². The summed E-state index contributed by atoms with van der Waals surface area (Å²) in [5.41, 5.74) is 8.19. The lowest BCUT2D eigenvalue weighted by Crippen LogP contribution is -1.99. The summed E-state index contributed by atoms with van der Waals surface area (Å²) in [4.78, 5) is 4.65. The van der Waals surface area contributed by atoms with Crippen molar-refractivity contribution in [2.75, 3.05) is 0 Å². The summed E-state index contributed by atoms with van der Waals surface area (Å²) in [7, 11) is 0. The Kier molecular flexibility index (Phi) is 4.72. The highest BCUT2D eigenvalue weighted by Crippen LogP contribution is 2.24. The molecule has 1 heterocycles. The van der Waals surface area contributed by atoms with Crippen LogP contribution in [0.15, 0.2) is 58.0 Å². The van der Waals surface area contributed by atoms with Crippen LogP contribution in [0.1, 0.15) is 28.1 Å². The van der Waals surface area contributed by atoms with Gasteiger partial charge in [0.2, 0.25) is 0 Å². The van der Waals surface area contributed by atoms with Gasteiger partial charge in [-0.3, -0.25) is 4.99 Å². The first-order chi connectivity index (χ1) is 11.5. The fraction of sp³-hybridized carbons (Fsp3) is 0.190. The molecule has 0 saturated carbocycles. The van der Waals surface area contributed by atoms with Gasteiger partial charge in [-0.05, 0) is 75.2 Å². The van der Waals surface area contributed by atoms with Crippen LogP contribution in [0.5, 0.6) is 0 Å². The third kappa shape index (κ3) is 3.36. The molecule has 0 N–H and O–H groups in total. The first kappa shape index (κ1) is 16.7. The topological polar surface area (TPSA) is 17.3 Å². The molecular weight excluding hydrogens is 360 g/mol. The van der Waals surface area contributed by atoms with Crippen molar-refractivity contribution in [2.24, 2.45) is 4.99 Å². The molecule has 0 aliphatic carbocycles. The Balaban J connectivity index is 1.97. The van der Waals surface area contributed by atoms with Gasteiger partial charge in [0.25, 0.3) is 0 Å². The second-order valence-corrected chi connectivity index (χ2v) is 7.05. The van der Waals surface area contributed by atoms with Crippen molar-refractivity contribution in [1.29, 1.82) is 0 Å². The molecule has 3 aromatic rings. The second kappa shape index (κ2) is 6.78. The Bertz CT molecular complexity index is 920. The molecule has 0 saturated heterocycles. The van der Waals surface area contributed by atoms with Gasteiger partial charge < -0.3 is 4.57 Å². The monoisotopic (exact) mass is 380 g/mol. The highest BCUT2D eigenvalue weighted by molar-refractivity contribution is 9.10. The zero-order valence-electron chi connectivity index (χ0n) is 14.5. The zero-order valence-corrected chi connectivity index (χ0v) is 16.1. The summed E-state index contributed by atoms with van der Waals surface area (Å²) in [6.07, 6.45) is 1.96. The van der Waals surface area contributed by atoms with Gasteiger partial charge in [0.15, 0.2) is 0 Å². The van der Waals surface area contributed by atoms with Crippen molar-refractivity contribution in [3.63, 3.8) is 0 Å². The largest absolute Gasteiger partial charge is 0.318 e. The molecule has 2 aromatic carbocycles. The minimum absolute atomic E-state index is 0.969. The van der Waals surface area contributed by atoms with E-state index in [1.165, 1.54) is 28.2 Å². The zero-order chi connectivity index (χ0) is 17.3. The number of benzene rings is 2. The maximum absolute atomic E-state index is 4.65. The van der Waals surface area contributed by atoms with E-state index in [0.29, 0.717) is 0 Å². The normalized spacial score (nSPS) is 11.4. The first-order valence-electron chi connectivity index (χ1n) is 8.02. The molecule has 122 valence electrons. The average molecular weight is 381 g/mol. The SMILES string of the molecule is Cc1cccc(-n2c(C)cc(C=Nc3ccc(Br)c(C)c3)c2C)c1. The van der Waals surface area contributed by atoms with Gasteiger partial charge in [-0.25, -0.2) is 0 Å². The summed E-state index contributed by atoms with van der Waals surface area (Å²) in [5, 5.41) is 0. The predicted molar refractivity (Wildman–Crippen MR) is 106 cm³/mol. The third-order valence-electron chi connectivity index (χ3n) is 4.22. The fourth-order valence-electron chi connectivity index (χ4n) is 2.94. The smallest absolute Gasteiger partial charge is 0.0633 e. The van der Waals surface area contributed by atoms with Crippen molar-refractivity contribution in [3.05, 3.63) is 81.1 Å². The maximum atomic E-state index is 4.65. The number of hydrogen-bond donors (Lipinski definition) is 0. The van der Waals surface area contributed by atoms with E-state index in [4.69, 9.17) is 0 Å². The van der Waals surface area contributed by atoms with E-state index in [9.17, 15) is 0 Å². The van der Waals surface area contributed by atoms with Crippen molar-refractivity contribution in [2.45, 2.75) is 27.7 Å². The van der Waals surface area contributed by atoms with Crippen LogP contribution in [0.4, 0.5) is 5.69 Å². The third-order valence-corrected chi connectivity index (χ3v) is 5.11. The number of hydrogen-bond acceptors (Lipinski definition) is 1. The number of halogens is 1. The summed E-state index contributed by atoms with van der Waals surface area (Å²) in [6, 6.07) is 16.9. The van der Waals surface area contributed by atoms with Crippen molar-refractivity contribution in [3.8, 4) is 5.69 Å². The van der Waals surface area contributed by atoms with Gasteiger partial charge in [0, 0.05) is 33.3 Å². The van der Waals surface area contributed by atoms with Crippen LogP contribution >= 0.6 is 15.9 Å². The lowest BCUT2D eigenvalue weighted by Gasteiger charge is -2.10. The molecule has 0 fully saturated rings. The number of aryl methyl sites for hydroxylation is 3. The summed E-state index contributed by atoms with van der Waals surface area (Å²) < 4.78 is 3.39. The lowest BCUT2D eigenvalue weighted by atomic mass is 10.2.